The first-order chi connectivity index (χ1) is 20.0. The summed E-state index contributed by atoms with van der Waals surface area (Å²) >= 11 is 6.24. The van der Waals surface area contributed by atoms with Gasteiger partial charge >= 0.3 is 5.97 Å². The second kappa shape index (κ2) is 13.1. The smallest absolute Gasteiger partial charge is 0.314 e. The summed E-state index contributed by atoms with van der Waals surface area (Å²) in [5.41, 5.74) is 9.06. The molecular formula is C34H35ClN2O4. The van der Waals surface area contributed by atoms with Crippen LogP contribution in [0.2, 0.25) is 5.02 Å². The Balaban J connectivity index is 1.28. The van der Waals surface area contributed by atoms with E-state index in [9.17, 15) is 10.1 Å². The molecule has 1 aliphatic carbocycles. The number of benzene rings is 3. The average molecular weight is 571 g/mol. The van der Waals surface area contributed by atoms with E-state index in [4.69, 9.17) is 31.5 Å². The number of ether oxygens (including phenoxy) is 3. The fraction of sp³-hybridized carbons (Fsp3) is 0.353. The SMILES string of the molecule is CCCCC1CCC(C(=O)Oc2ccc3c(c2)OC(N)=C(C#N)C3c2ccc(OCc3ccccc3Cl)cc2)CC1. The fourth-order valence-corrected chi connectivity index (χ4v) is 5.94. The van der Waals surface area contributed by atoms with Gasteiger partial charge in [0.15, 0.2) is 0 Å². The predicted molar refractivity (Wildman–Crippen MR) is 159 cm³/mol. The van der Waals surface area contributed by atoms with E-state index in [0.717, 1.165) is 48.3 Å². The third-order valence-electron chi connectivity index (χ3n) is 8.12. The number of carbonyl (C=O) groups is 1. The molecule has 0 saturated heterocycles. The van der Waals surface area contributed by atoms with Gasteiger partial charge in [-0.15, -0.1) is 0 Å². The van der Waals surface area contributed by atoms with Crippen LogP contribution in [0.25, 0.3) is 0 Å². The first kappa shape index (κ1) is 28.6. The normalized spacial score (nSPS) is 20.0. The van der Waals surface area contributed by atoms with Crippen LogP contribution in [0.1, 0.15) is 74.5 Å². The van der Waals surface area contributed by atoms with E-state index in [1.54, 1.807) is 12.1 Å². The summed E-state index contributed by atoms with van der Waals surface area (Å²) in [6.45, 7) is 2.56. The van der Waals surface area contributed by atoms with Crippen molar-refractivity contribution in [1.82, 2.24) is 0 Å². The molecule has 1 saturated carbocycles. The van der Waals surface area contributed by atoms with Crippen LogP contribution in [0, 0.1) is 23.2 Å². The predicted octanol–water partition coefficient (Wildman–Crippen LogP) is 8.04. The number of carbonyl (C=O) groups excluding carboxylic acids is 1. The van der Waals surface area contributed by atoms with Crippen LogP contribution < -0.4 is 19.9 Å². The lowest BCUT2D eigenvalue weighted by Gasteiger charge is -2.28. The monoisotopic (exact) mass is 570 g/mol. The number of hydrogen-bond acceptors (Lipinski definition) is 6. The highest BCUT2D eigenvalue weighted by Gasteiger charge is 2.32. The van der Waals surface area contributed by atoms with Crippen molar-refractivity contribution in [1.29, 1.82) is 5.26 Å². The lowest BCUT2D eigenvalue weighted by Crippen LogP contribution is -2.26. The van der Waals surface area contributed by atoms with Gasteiger partial charge in [0.2, 0.25) is 5.88 Å². The van der Waals surface area contributed by atoms with Gasteiger partial charge in [-0.1, -0.05) is 74.2 Å². The molecule has 41 heavy (non-hydrogen) atoms. The minimum atomic E-state index is -0.426. The van der Waals surface area contributed by atoms with Crippen molar-refractivity contribution in [3.8, 4) is 23.3 Å². The van der Waals surface area contributed by atoms with Crippen molar-refractivity contribution in [2.24, 2.45) is 17.6 Å². The molecule has 0 bridgehead atoms. The Morgan fingerprint density at radius 3 is 2.49 bits per heavy atom. The molecule has 0 radical (unpaired) electrons. The molecule has 6 nitrogen and oxygen atoms in total. The van der Waals surface area contributed by atoms with Crippen LogP contribution in [-0.2, 0) is 11.4 Å². The number of halogens is 1. The lowest BCUT2D eigenvalue weighted by atomic mass is 9.80. The Morgan fingerprint density at radius 2 is 1.78 bits per heavy atom. The Morgan fingerprint density at radius 1 is 1.05 bits per heavy atom. The highest BCUT2D eigenvalue weighted by molar-refractivity contribution is 6.31. The molecule has 7 heteroatoms. The first-order valence-corrected chi connectivity index (χ1v) is 14.7. The third-order valence-corrected chi connectivity index (χ3v) is 8.49. The summed E-state index contributed by atoms with van der Waals surface area (Å²) < 4.78 is 17.5. The Hall–Kier alpha value is -3.95. The van der Waals surface area contributed by atoms with Crippen molar-refractivity contribution in [2.75, 3.05) is 0 Å². The number of nitrogens with two attached hydrogens (primary N) is 1. The van der Waals surface area contributed by atoms with E-state index in [0.29, 0.717) is 34.5 Å². The van der Waals surface area contributed by atoms with Crippen molar-refractivity contribution in [2.45, 2.75) is 64.4 Å². The molecule has 1 atom stereocenters. The minimum absolute atomic E-state index is 0.0397. The number of nitrogens with zero attached hydrogens (tertiary/aromatic N) is 1. The van der Waals surface area contributed by atoms with Crippen LogP contribution in [0.3, 0.4) is 0 Å². The molecule has 0 aromatic heterocycles. The number of hydrogen-bond donors (Lipinski definition) is 1. The second-order valence-electron chi connectivity index (χ2n) is 10.9. The Labute approximate surface area is 246 Å². The van der Waals surface area contributed by atoms with Crippen LogP contribution in [0.15, 0.2) is 78.2 Å². The van der Waals surface area contributed by atoms with E-state index in [1.807, 2.05) is 54.6 Å². The van der Waals surface area contributed by atoms with E-state index < -0.39 is 5.92 Å². The molecule has 5 rings (SSSR count). The van der Waals surface area contributed by atoms with E-state index in [-0.39, 0.29) is 17.8 Å². The van der Waals surface area contributed by atoms with Crippen LogP contribution >= 0.6 is 11.6 Å². The lowest BCUT2D eigenvalue weighted by molar-refractivity contribution is -0.140. The number of fused-ring (bicyclic) bond motifs is 1. The van der Waals surface area contributed by atoms with Crippen molar-refractivity contribution in [3.63, 3.8) is 0 Å². The molecule has 3 aromatic rings. The summed E-state index contributed by atoms with van der Waals surface area (Å²) in [6.07, 6.45) is 7.62. The van der Waals surface area contributed by atoms with Gasteiger partial charge in [0.1, 0.15) is 35.5 Å². The highest BCUT2D eigenvalue weighted by atomic mass is 35.5. The molecule has 0 amide bonds. The standard InChI is InChI=1S/C34H35ClN2O4/c1-2-3-6-22-9-11-24(12-10-22)34(38)40-27-17-18-28-31(19-27)41-33(37)29(20-36)32(28)23-13-15-26(16-14-23)39-21-25-7-4-5-8-30(25)35/h4-5,7-8,13-19,22,24,32H,2-3,6,9-12,21,37H2,1H3. The van der Waals surface area contributed by atoms with Crippen molar-refractivity contribution < 1.29 is 19.0 Å². The minimum Gasteiger partial charge on any atom is -0.489 e. The maximum Gasteiger partial charge on any atom is 0.314 e. The number of rotatable bonds is 9. The van der Waals surface area contributed by atoms with Crippen molar-refractivity contribution >= 4 is 17.6 Å². The quantitative estimate of drug-likeness (QED) is 0.207. The average Bonchev–Trinajstić information content (AvgIpc) is 2.99. The molecule has 0 spiro atoms. The van der Waals surface area contributed by atoms with E-state index in [2.05, 4.69) is 13.0 Å². The van der Waals surface area contributed by atoms with Gasteiger partial charge in [0.05, 0.1) is 11.8 Å². The van der Waals surface area contributed by atoms with Gasteiger partial charge in [0.25, 0.3) is 0 Å². The molecule has 3 aromatic carbocycles. The summed E-state index contributed by atoms with van der Waals surface area (Å²) in [5, 5.41) is 10.6. The zero-order valence-electron chi connectivity index (χ0n) is 23.3. The largest absolute Gasteiger partial charge is 0.489 e. The van der Waals surface area contributed by atoms with Gasteiger partial charge in [0, 0.05) is 22.2 Å². The number of nitriles is 1. The van der Waals surface area contributed by atoms with Gasteiger partial charge in [-0.2, -0.15) is 5.26 Å². The number of allylic oxidation sites excluding steroid dienone is 1. The van der Waals surface area contributed by atoms with Crippen LogP contribution in [0.5, 0.6) is 17.2 Å². The van der Waals surface area contributed by atoms with Gasteiger partial charge in [-0.25, -0.2) is 0 Å². The molecule has 1 unspecified atom stereocenters. The highest BCUT2D eigenvalue weighted by Crippen LogP contribution is 2.44. The van der Waals surface area contributed by atoms with Crippen LogP contribution in [-0.4, -0.2) is 5.97 Å². The Bertz CT molecular complexity index is 1450. The number of unbranched alkanes of at least 4 members (excludes halogenated alkanes) is 1. The molecule has 1 heterocycles. The summed E-state index contributed by atoms with van der Waals surface area (Å²) in [4.78, 5) is 12.9. The third kappa shape index (κ3) is 6.69. The summed E-state index contributed by atoms with van der Waals surface area (Å²) in [5.74, 6) is 1.63. The van der Waals surface area contributed by atoms with Crippen molar-refractivity contribution in [3.05, 3.63) is 99.9 Å². The maximum atomic E-state index is 12.9. The molecule has 1 aliphatic heterocycles. The maximum absolute atomic E-state index is 12.9. The molecule has 1 fully saturated rings. The van der Waals surface area contributed by atoms with Gasteiger partial charge in [-0.3, -0.25) is 4.79 Å². The molecule has 212 valence electrons. The number of esters is 1. The second-order valence-corrected chi connectivity index (χ2v) is 11.3. The molecule has 2 N–H and O–H groups in total. The van der Waals surface area contributed by atoms with Crippen LogP contribution in [0.4, 0.5) is 0 Å². The Kier molecular flexibility index (Phi) is 9.16. The first-order valence-electron chi connectivity index (χ1n) is 14.4. The van der Waals surface area contributed by atoms with Gasteiger partial charge < -0.3 is 19.9 Å². The van der Waals surface area contributed by atoms with Gasteiger partial charge in [-0.05, 0) is 61.4 Å². The fourth-order valence-electron chi connectivity index (χ4n) is 5.75. The summed E-state index contributed by atoms with van der Waals surface area (Å²) in [7, 11) is 0. The van der Waals surface area contributed by atoms with E-state index in [1.165, 1.54) is 19.3 Å². The zero-order chi connectivity index (χ0) is 28.8. The zero-order valence-corrected chi connectivity index (χ0v) is 24.0. The summed E-state index contributed by atoms with van der Waals surface area (Å²) in [6, 6.07) is 22.6. The molecular weight excluding hydrogens is 536 g/mol. The van der Waals surface area contributed by atoms with E-state index >= 15 is 0 Å². The topological polar surface area (TPSA) is 94.6 Å². The molecule has 2 aliphatic rings.